The zero-order valence-corrected chi connectivity index (χ0v) is 22.1. The zero-order valence-electron chi connectivity index (χ0n) is 20.6. The number of benzene rings is 3. The molecule has 2 aliphatic rings. The topological polar surface area (TPSA) is 71.4 Å². The lowest BCUT2D eigenvalue weighted by Crippen LogP contribution is -2.51. The summed E-state index contributed by atoms with van der Waals surface area (Å²) in [4.78, 5) is 27.1. The number of hydrogen-bond acceptors (Lipinski definition) is 7. The lowest BCUT2D eigenvalue weighted by atomic mass is 9.76. The van der Waals surface area contributed by atoms with Gasteiger partial charge in [-0.15, -0.1) is 0 Å². The molecule has 5 rings (SSSR count). The molecule has 3 aromatic carbocycles. The minimum absolute atomic E-state index is 0.109. The number of hydrogen-bond donors (Lipinski definition) is 0. The fourth-order valence-electron chi connectivity index (χ4n) is 4.97. The van der Waals surface area contributed by atoms with E-state index in [9.17, 15) is 9.59 Å². The van der Waals surface area contributed by atoms with Crippen molar-refractivity contribution in [3.8, 4) is 0 Å². The van der Waals surface area contributed by atoms with Crippen LogP contribution in [0, 0.1) is 0 Å². The second-order valence-electron chi connectivity index (χ2n) is 8.51. The molecule has 0 N–H and O–H groups in total. The average molecular weight is 560 g/mol. The molecular formula is C29H26BrN3O4. The van der Waals surface area contributed by atoms with Crippen LogP contribution in [0.2, 0.25) is 0 Å². The van der Waals surface area contributed by atoms with E-state index in [0.717, 1.165) is 21.3 Å². The lowest BCUT2D eigenvalue weighted by molar-refractivity contribution is -0.141. The summed E-state index contributed by atoms with van der Waals surface area (Å²) in [5.74, 6) is -1.11. The van der Waals surface area contributed by atoms with Crippen molar-refractivity contribution in [3.63, 3.8) is 0 Å². The van der Waals surface area contributed by atoms with Crippen LogP contribution in [0.3, 0.4) is 0 Å². The Hall–Kier alpha value is -3.75. The second kappa shape index (κ2) is 10.3. The van der Waals surface area contributed by atoms with Gasteiger partial charge in [0.2, 0.25) is 0 Å². The molecule has 0 radical (unpaired) electrons. The Kier molecular flexibility index (Phi) is 6.95. The SMILES string of the molecule is CCOC(=O)C1=C(C(=O)OCC)C2(c3ccccc3)C(c3ccccc3)=NN(c3ccc(Br)cc3)N2C1. The van der Waals surface area contributed by atoms with Gasteiger partial charge in [0.15, 0.2) is 0 Å². The maximum atomic E-state index is 13.8. The van der Waals surface area contributed by atoms with Crippen LogP contribution in [-0.2, 0) is 24.6 Å². The average Bonchev–Trinajstić information content (AvgIpc) is 3.44. The van der Waals surface area contributed by atoms with Crippen LogP contribution < -0.4 is 5.12 Å². The molecule has 0 bridgehead atoms. The van der Waals surface area contributed by atoms with Crippen molar-refractivity contribution in [1.29, 1.82) is 0 Å². The number of fused-ring (bicyclic) bond motifs is 1. The van der Waals surface area contributed by atoms with Gasteiger partial charge in [-0.1, -0.05) is 76.6 Å². The molecule has 3 aromatic rings. The van der Waals surface area contributed by atoms with Crippen LogP contribution in [0.4, 0.5) is 5.69 Å². The first-order valence-corrected chi connectivity index (χ1v) is 12.9. The Morgan fingerprint density at radius 2 is 1.46 bits per heavy atom. The third kappa shape index (κ3) is 4.16. The molecule has 7 nitrogen and oxygen atoms in total. The van der Waals surface area contributed by atoms with Gasteiger partial charge in [0.1, 0.15) is 11.3 Å². The summed E-state index contributed by atoms with van der Waals surface area (Å²) >= 11 is 3.50. The van der Waals surface area contributed by atoms with Crippen molar-refractivity contribution in [2.45, 2.75) is 19.4 Å². The maximum absolute atomic E-state index is 13.8. The van der Waals surface area contributed by atoms with E-state index >= 15 is 0 Å². The van der Waals surface area contributed by atoms with Crippen molar-refractivity contribution in [3.05, 3.63) is 112 Å². The number of carbonyl (C=O) groups excluding carboxylic acids is 2. The first kappa shape index (κ1) is 24.9. The summed E-state index contributed by atoms with van der Waals surface area (Å²) in [6.07, 6.45) is 0. The van der Waals surface area contributed by atoms with E-state index in [1.54, 1.807) is 19.0 Å². The minimum Gasteiger partial charge on any atom is -0.463 e. The summed E-state index contributed by atoms with van der Waals surface area (Å²) in [7, 11) is 0. The summed E-state index contributed by atoms with van der Waals surface area (Å²) < 4.78 is 11.9. The number of carbonyl (C=O) groups is 2. The quantitative estimate of drug-likeness (QED) is 0.369. The number of rotatable bonds is 7. The first-order chi connectivity index (χ1) is 18.0. The maximum Gasteiger partial charge on any atom is 0.337 e. The fourth-order valence-corrected chi connectivity index (χ4v) is 5.23. The van der Waals surface area contributed by atoms with Gasteiger partial charge >= 0.3 is 11.9 Å². The molecule has 37 heavy (non-hydrogen) atoms. The molecule has 1 atom stereocenters. The van der Waals surface area contributed by atoms with Gasteiger partial charge in [0.25, 0.3) is 0 Å². The van der Waals surface area contributed by atoms with Crippen molar-refractivity contribution in [2.75, 3.05) is 24.9 Å². The van der Waals surface area contributed by atoms with Gasteiger partial charge in [0.05, 0.1) is 36.6 Å². The van der Waals surface area contributed by atoms with Crippen molar-refractivity contribution in [2.24, 2.45) is 5.10 Å². The molecule has 0 aliphatic carbocycles. The van der Waals surface area contributed by atoms with Crippen LogP contribution in [0.1, 0.15) is 25.0 Å². The molecule has 1 unspecified atom stereocenters. The van der Waals surface area contributed by atoms with E-state index in [4.69, 9.17) is 14.6 Å². The Balaban J connectivity index is 1.84. The monoisotopic (exact) mass is 559 g/mol. The van der Waals surface area contributed by atoms with Crippen LogP contribution in [0.5, 0.6) is 0 Å². The van der Waals surface area contributed by atoms with E-state index in [1.165, 1.54) is 0 Å². The van der Waals surface area contributed by atoms with Gasteiger partial charge in [-0.3, -0.25) is 0 Å². The highest BCUT2D eigenvalue weighted by Crippen LogP contribution is 2.51. The molecule has 8 heteroatoms. The van der Waals surface area contributed by atoms with Gasteiger partial charge in [0, 0.05) is 10.0 Å². The molecule has 0 fully saturated rings. The molecule has 0 saturated carbocycles. The van der Waals surface area contributed by atoms with Gasteiger partial charge in [-0.05, 0) is 43.7 Å². The second-order valence-corrected chi connectivity index (χ2v) is 9.42. The smallest absolute Gasteiger partial charge is 0.337 e. The number of halogens is 1. The Morgan fingerprint density at radius 1 is 0.865 bits per heavy atom. The van der Waals surface area contributed by atoms with E-state index in [2.05, 4.69) is 15.9 Å². The van der Waals surface area contributed by atoms with E-state index in [-0.39, 0.29) is 30.9 Å². The van der Waals surface area contributed by atoms with Crippen LogP contribution in [-0.4, -0.2) is 42.4 Å². The summed E-state index contributed by atoms with van der Waals surface area (Å²) in [5.41, 5.74) is 2.27. The largest absolute Gasteiger partial charge is 0.463 e. The van der Waals surface area contributed by atoms with Crippen LogP contribution in [0.15, 0.2) is 106 Å². The fraction of sp³-hybridized carbons (Fsp3) is 0.207. The summed E-state index contributed by atoms with van der Waals surface area (Å²) in [6.45, 7) is 3.96. The number of anilines is 1. The molecule has 0 amide bonds. The molecule has 188 valence electrons. The molecule has 0 saturated heterocycles. The van der Waals surface area contributed by atoms with Gasteiger partial charge < -0.3 is 9.47 Å². The van der Waals surface area contributed by atoms with Crippen LogP contribution in [0.25, 0.3) is 0 Å². The summed E-state index contributed by atoms with van der Waals surface area (Å²) in [6, 6.07) is 27.1. The number of ether oxygens (including phenoxy) is 2. The van der Waals surface area contributed by atoms with Crippen molar-refractivity contribution >= 4 is 39.3 Å². The standard InChI is InChI=1S/C29H26BrN3O4/c1-3-36-27(34)24-19-32-29(21-13-9-6-10-14-21,25(24)28(35)37-4-2)26(20-11-7-5-8-12-20)31-33(32)23-17-15-22(30)16-18-23/h5-18H,3-4,19H2,1-2H3. The molecule has 2 aliphatic heterocycles. The number of hydrazine groups is 1. The molecular weight excluding hydrogens is 534 g/mol. The Labute approximate surface area is 224 Å². The summed E-state index contributed by atoms with van der Waals surface area (Å²) in [5, 5.41) is 8.81. The molecule has 2 heterocycles. The predicted octanol–water partition coefficient (Wildman–Crippen LogP) is 5.22. The Morgan fingerprint density at radius 3 is 2.08 bits per heavy atom. The number of nitrogens with zero attached hydrogens (tertiary/aromatic N) is 3. The van der Waals surface area contributed by atoms with E-state index in [0.29, 0.717) is 5.71 Å². The van der Waals surface area contributed by atoms with E-state index in [1.807, 2.05) is 89.9 Å². The Bertz CT molecular complexity index is 1370. The van der Waals surface area contributed by atoms with Crippen LogP contribution >= 0.6 is 15.9 Å². The molecule has 0 spiro atoms. The predicted molar refractivity (Wildman–Crippen MR) is 145 cm³/mol. The normalized spacial score (nSPS) is 19.0. The van der Waals surface area contributed by atoms with Gasteiger partial charge in [-0.2, -0.15) is 15.2 Å². The van der Waals surface area contributed by atoms with E-state index < -0.39 is 17.5 Å². The third-order valence-corrected chi connectivity index (χ3v) is 6.95. The van der Waals surface area contributed by atoms with Crippen molar-refractivity contribution < 1.29 is 19.1 Å². The highest BCUT2D eigenvalue weighted by Gasteiger charge is 2.62. The molecule has 0 aromatic heterocycles. The number of hydrazone groups is 1. The van der Waals surface area contributed by atoms with Crippen molar-refractivity contribution in [1.82, 2.24) is 5.01 Å². The highest BCUT2D eigenvalue weighted by atomic mass is 79.9. The lowest BCUT2D eigenvalue weighted by Gasteiger charge is -2.38. The third-order valence-electron chi connectivity index (χ3n) is 6.42. The minimum atomic E-state index is -1.22. The number of esters is 2. The highest BCUT2D eigenvalue weighted by molar-refractivity contribution is 9.10. The first-order valence-electron chi connectivity index (χ1n) is 12.1. The zero-order chi connectivity index (χ0) is 26.0. The van der Waals surface area contributed by atoms with Gasteiger partial charge in [-0.25, -0.2) is 9.59 Å².